The minimum Gasteiger partial charge on any atom is -0.395 e. The van der Waals surface area contributed by atoms with Gasteiger partial charge in [-0.2, -0.15) is 0 Å². The van der Waals surface area contributed by atoms with E-state index in [-0.39, 0.29) is 12.0 Å². The maximum atomic E-state index is 9.56. The zero-order valence-corrected chi connectivity index (χ0v) is 13.5. The molecule has 2 atom stereocenters. The van der Waals surface area contributed by atoms with Crippen LogP contribution in [-0.2, 0) is 5.41 Å². The molecule has 1 aliphatic rings. The Morgan fingerprint density at radius 2 is 2.10 bits per heavy atom. The van der Waals surface area contributed by atoms with Crippen LogP contribution in [0.4, 0.5) is 0 Å². The molecule has 0 aliphatic carbocycles. The van der Waals surface area contributed by atoms with Crippen LogP contribution in [0.1, 0.15) is 38.7 Å². The van der Waals surface area contributed by atoms with E-state index < -0.39 is 0 Å². The number of benzene rings is 1. The third-order valence-electron chi connectivity index (χ3n) is 4.67. The highest BCUT2D eigenvalue weighted by Gasteiger charge is 2.33. The van der Waals surface area contributed by atoms with Crippen LogP contribution in [-0.4, -0.2) is 48.8 Å². The van der Waals surface area contributed by atoms with Crippen LogP contribution in [0.5, 0.6) is 0 Å². The van der Waals surface area contributed by atoms with Gasteiger partial charge in [-0.3, -0.25) is 4.90 Å². The second kappa shape index (κ2) is 7.92. The van der Waals surface area contributed by atoms with Crippen molar-refractivity contribution in [1.82, 2.24) is 10.2 Å². The summed E-state index contributed by atoms with van der Waals surface area (Å²) < 4.78 is 0. The summed E-state index contributed by atoms with van der Waals surface area (Å²) in [5.74, 6) is 0. The molecule has 118 valence electrons. The average Bonchev–Trinajstić information content (AvgIpc) is 2.95. The fourth-order valence-electron chi connectivity index (χ4n) is 3.39. The largest absolute Gasteiger partial charge is 0.395 e. The molecule has 0 spiro atoms. The lowest BCUT2D eigenvalue weighted by atomic mass is 9.81. The molecule has 1 aliphatic heterocycles. The molecule has 1 aromatic rings. The third-order valence-corrected chi connectivity index (χ3v) is 4.67. The van der Waals surface area contributed by atoms with E-state index in [0.717, 1.165) is 39.0 Å². The molecule has 1 aromatic carbocycles. The molecule has 1 heterocycles. The van der Waals surface area contributed by atoms with Gasteiger partial charge in [0.05, 0.1) is 6.61 Å². The predicted molar refractivity (Wildman–Crippen MR) is 88.6 cm³/mol. The number of nitrogens with one attached hydrogen (secondary N) is 1. The molecule has 3 heteroatoms. The molecule has 0 saturated carbocycles. The van der Waals surface area contributed by atoms with Crippen molar-refractivity contribution in [2.75, 3.05) is 32.8 Å². The van der Waals surface area contributed by atoms with Crippen LogP contribution < -0.4 is 5.32 Å². The molecule has 0 amide bonds. The van der Waals surface area contributed by atoms with E-state index >= 15 is 0 Å². The molecule has 2 unspecified atom stereocenters. The highest BCUT2D eigenvalue weighted by molar-refractivity contribution is 5.26. The summed E-state index contributed by atoms with van der Waals surface area (Å²) >= 11 is 0. The van der Waals surface area contributed by atoms with Crippen molar-refractivity contribution < 1.29 is 5.11 Å². The molecule has 1 saturated heterocycles. The lowest BCUT2D eigenvalue weighted by molar-refractivity contribution is 0.134. The van der Waals surface area contributed by atoms with Gasteiger partial charge in [-0.1, -0.05) is 44.2 Å². The summed E-state index contributed by atoms with van der Waals surface area (Å²) in [6.45, 7) is 9.01. The van der Waals surface area contributed by atoms with Gasteiger partial charge in [-0.15, -0.1) is 0 Å². The van der Waals surface area contributed by atoms with Gasteiger partial charge in [0.25, 0.3) is 0 Å². The zero-order chi connectivity index (χ0) is 15.1. The molecule has 0 aromatic heterocycles. The minimum atomic E-state index is 0.0915. The topological polar surface area (TPSA) is 35.5 Å². The van der Waals surface area contributed by atoms with Gasteiger partial charge < -0.3 is 10.4 Å². The lowest BCUT2D eigenvalue weighted by Gasteiger charge is -2.37. The second-order valence-corrected chi connectivity index (χ2v) is 6.55. The summed E-state index contributed by atoms with van der Waals surface area (Å²) in [7, 11) is 0. The van der Waals surface area contributed by atoms with Crippen LogP contribution in [0.15, 0.2) is 30.3 Å². The monoisotopic (exact) mass is 290 g/mol. The van der Waals surface area contributed by atoms with Gasteiger partial charge in [0.1, 0.15) is 0 Å². The predicted octanol–water partition coefficient (Wildman–Crippen LogP) is 2.40. The van der Waals surface area contributed by atoms with Gasteiger partial charge in [0.2, 0.25) is 0 Å². The highest BCUT2D eigenvalue weighted by Crippen LogP contribution is 2.28. The van der Waals surface area contributed by atoms with E-state index in [1.54, 1.807) is 0 Å². The Morgan fingerprint density at radius 1 is 1.33 bits per heavy atom. The summed E-state index contributed by atoms with van der Waals surface area (Å²) in [6, 6.07) is 11.1. The van der Waals surface area contributed by atoms with Gasteiger partial charge in [0, 0.05) is 24.5 Å². The maximum Gasteiger partial charge on any atom is 0.0586 e. The number of likely N-dealkylation sites (tertiary alicyclic amines) is 1. The zero-order valence-electron chi connectivity index (χ0n) is 13.5. The molecular weight excluding hydrogens is 260 g/mol. The quantitative estimate of drug-likeness (QED) is 0.722. The van der Waals surface area contributed by atoms with Crippen molar-refractivity contribution in [2.24, 2.45) is 0 Å². The Bertz CT molecular complexity index is 409. The van der Waals surface area contributed by atoms with E-state index in [1.807, 2.05) is 0 Å². The molecule has 21 heavy (non-hydrogen) atoms. The lowest BCUT2D eigenvalue weighted by Crippen LogP contribution is -2.47. The van der Waals surface area contributed by atoms with Gasteiger partial charge >= 0.3 is 0 Å². The van der Waals surface area contributed by atoms with Crippen molar-refractivity contribution >= 4 is 0 Å². The van der Waals surface area contributed by atoms with Gasteiger partial charge in [-0.25, -0.2) is 0 Å². The SMILES string of the molecule is CCCNCC(C)(CN1CCCC1CO)c1ccccc1. The van der Waals surface area contributed by atoms with E-state index in [2.05, 4.69) is 54.4 Å². The van der Waals surface area contributed by atoms with Crippen molar-refractivity contribution in [3.63, 3.8) is 0 Å². The molecular formula is C18H30N2O. The van der Waals surface area contributed by atoms with E-state index in [4.69, 9.17) is 0 Å². The van der Waals surface area contributed by atoms with Crippen LogP contribution in [0.25, 0.3) is 0 Å². The Balaban J connectivity index is 2.11. The number of hydrogen-bond donors (Lipinski definition) is 2. The Hall–Kier alpha value is -0.900. The molecule has 1 fully saturated rings. The molecule has 2 rings (SSSR count). The van der Waals surface area contributed by atoms with Crippen molar-refractivity contribution in [2.45, 2.75) is 44.6 Å². The second-order valence-electron chi connectivity index (χ2n) is 6.55. The molecule has 0 bridgehead atoms. The highest BCUT2D eigenvalue weighted by atomic mass is 16.3. The van der Waals surface area contributed by atoms with Crippen LogP contribution in [0.2, 0.25) is 0 Å². The van der Waals surface area contributed by atoms with Gasteiger partial charge in [-0.05, 0) is 37.9 Å². The number of rotatable bonds is 8. The maximum absolute atomic E-state index is 9.56. The number of aliphatic hydroxyl groups is 1. The summed E-state index contributed by atoms with van der Waals surface area (Å²) in [6.07, 6.45) is 3.50. The fourth-order valence-corrected chi connectivity index (χ4v) is 3.39. The first-order valence-corrected chi connectivity index (χ1v) is 8.31. The standard InChI is InChI=1S/C18H30N2O/c1-3-11-19-14-18(2,16-8-5-4-6-9-16)15-20-12-7-10-17(20)13-21/h4-6,8-9,17,19,21H,3,7,10-15H2,1-2H3. The van der Waals surface area contributed by atoms with Crippen molar-refractivity contribution in [3.05, 3.63) is 35.9 Å². The Labute approximate surface area is 129 Å². The number of nitrogens with zero attached hydrogens (tertiary/aromatic N) is 1. The van der Waals surface area contributed by atoms with Crippen molar-refractivity contribution in [3.8, 4) is 0 Å². The van der Waals surface area contributed by atoms with E-state index in [0.29, 0.717) is 6.04 Å². The number of hydrogen-bond acceptors (Lipinski definition) is 3. The first-order chi connectivity index (χ1) is 10.2. The van der Waals surface area contributed by atoms with Crippen LogP contribution in [0, 0.1) is 0 Å². The summed E-state index contributed by atoms with van der Waals surface area (Å²) in [4.78, 5) is 2.47. The first-order valence-electron chi connectivity index (χ1n) is 8.31. The van der Waals surface area contributed by atoms with E-state index in [9.17, 15) is 5.11 Å². The molecule has 2 N–H and O–H groups in total. The van der Waals surface area contributed by atoms with Gasteiger partial charge in [0.15, 0.2) is 0 Å². The van der Waals surface area contributed by atoms with Crippen LogP contribution >= 0.6 is 0 Å². The van der Waals surface area contributed by atoms with Crippen molar-refractivity contribution in [1.29, 1.82) is 0 Å². The molecule has 0 radical (unpaired) electrons. The Kier molecular flexibility index (Phi) is 6.22. The fraction of sp³-hybridized carbons (Fsp3) is 0.667. The molecule has 3 nitrogen and oxygen atoms in total. The van der Waals surface area contributed by atoms with E-state index in [1.165, 1.54) is 12.0 Å². The normalized spacial score (nSPS) is 22.3. The average molecular weight is 290 g/mol. The summed E-state index contributed by atoms with van der Waals surface area (Å²) in [5.41, 5.74) is 1.48. The van der Waals surface area contributed by atoms with Crippen LogP contribution in [0.3, 0.4) is 0 Å². The smallest absolute Gasteiger partial charge is 0.0586 e. The first kappa shape index (κ1) is 16.5. The Morgan fingerprint density at radius 3 is 2.76 bits per heavy atom. The number of aliphatic hydroxyl groups excluding tert-OH is 1. The minimum absolute atomic E-state index is 0.0915. The summed E-state index contributed by atoms with van der Waals surface area (Å²) in [5, 5.41) is 13.2. The third kappa shape index (κ3) is 4.29.